The van der Waals surface area contributed by atoms with Crippen LogP contribution in [-0.4, -0.2) is 11.1 Å². The molecule has 0 aliphatic heterocycles. The van der Waals surface area contributed by atoms with Crippen LogP contribution < -0.4 is 4.74 Å². The number of aromatic hydroxyl groups is 1. The van der Waals surface area contributed by atoms with Crippen molar-refractivity contribution in [2.45, 2.75) is 13.3 Å². The summed E-state index contributed by atoms with van der Waals surface area (Å²) in [6.45, 7) is 1.73. The van der Waals surface area contributed by atoms with Gasteiger partial charge >= 0.3 is 5.97 Å². The highest BCUT2D eigenvalue weighted by molar-refractivity contribution is 14.1. The molecule has 0 radical (unpaired) electrons. The Labute approximate surface area is 89.9 Å². The molecule has 1 aromatic rings. The standard InChI is InChI=1S/C9H9IO3/c1-2-9(12)13-6-3-4-8(11)7(10)5-6/h3-5,11H,2H2,1H3. The van der Waals surface area contributed by atoms with Crippen LogP contribution in [-0.2, 0) is 4.79 Å². The van der Waals surface area contributed by atoms with E-state index in [0.717, 1.165) is 0 Å². The van der Waals surface area contributed by atoms with Gasteiger partial charge in [0.05, 0.1) is 3.57 Å². The van der Waals surface area contributed by atoms with Gasteiger partial charge in [-0.05, 0) is 40.8 Å². The maximum atomic E-state index is 10.9. The van der Waals surface area contributed by atoms with E-state index in [1.807, 2.05) is 22.6 Å². The molecule has 0 aliphatic rings. The molecule has 0 atom stereocenters. The zero-order valence-corrected chi connectivity index (χ0v) is 9.24. The lowest BCUT2D eigenvalue weighted by molar-refractivity contribution is -0.134. The molecule has 0 aliphatic carbocycles. The number of phenols is 1. The Hall–Kier alpha value is -0.780. The maximum Gasteiger partial charge on any atom is 0.310 e. The molecule has 0 bridgehead atoms. The van der Waals surface area contributed by atoms with E-state index in [0.29, 0.717) is 15.7 Å². The van der Waals surface area contributed by atoms with Gasteiger partial charge in [0.1, 0.15) is 11.5 Å². The third kappa shape index (κ3) is 2.87. The minimum absolute atomic E-state index is 0.192. The van der Waals surface area contributed by atoms with Crippen LogP contribution in [0.25, 0.3) is 0 Å². The van der Waals surface area contributed by atoms with E-state index in [-0.39, 0.29) is 11.7 Å². The topological polar surface area (TPSA) is 46.5 Å². The van der Waals surface area contributed by atoms with Gasteiger partial charge in [-0.15, -0.1) is 0 Å². The predicted octanol–water partition coefficient (Wildman–Crippen LogP) is 2.31. The number of hydrogen-bond donors (Lipinski definition) is 1. The van der Waals surface area contributed by atoms with Crippen molar-refractivity contribution in [3.05, 3.63) is 21.8 Å². The molecule has 0 heterocycles. The van der Waals surface area contributed by atoms with Gasteiger partial charge in [-0.25, -0.2) is 0 Å². The van der Waals surface area contributed by atoms with Crippen LogP contribution in [0.1, 0.15) is 13.3 Å². The van der Waals surface area contributed by atoms with E-state index in [4.69, 9.17) is 4.74 Å². The molecule has 1 N–H and O–H groups in total. The monoisotopic (exact) mass is 292 g/mol. The van der Waals surface area contributed by atoms with Crippen molar-refractivity contribution >= 4 is 28.6 Å². The summed E-state index contributed by atoms with van der Waals surface area (Å²) in [6, 6.07) is 4.68. The lowest BCUT2D eigenvalue weighted by Crippen LogP contribution is -2.05. The fourth-order valence-electron chi connectivity index (χ4n) is 0.755. The Morgan fingerprint density at radius 1 is 1.62 bits per heavy atom. The summed E-state index contributed by atoms with van der Waals surface area (Å²) in [6.07, 6.45) is 0.345. The maximum absolute atomic E-state index is 10.9. The normalized spacial score (nSPS) is 9.69. The number of rotatable bonds is 2. The summed E-state index contributed by atoms with van der Waals surface area (Å²) in [5, 5.41) is 9.19. The molecule has 1 aromatic carbocycles. The van der Waals surface area contributed by atoms with Crippen molar-refractivity contribution in [3.63, 3.8) is 0 Å². The number of hydrogen-bond acceptors (Lipinski definition) is 3. The predicted molar refractivity (Wildman–Crippen MR) is 56.7 cm³/mol. The van der Waals surface area contributed by atoms with Gasteiger partial charge < -0.3 is 9.84 Å². The summed E-state index contributed by atoms with van der Waals surface area (Å²) in [4.78, 5) is 10.9. The highest BCUT2D eigenvalue weighted by Gasteiger charge is 2.03. The molecule has 0 unspecified atom stereocenters. The first-order valence-electron chi connectivity index (χ1n) is 3.82. The van der Waals surface area contributed by atoms with E-state index in [1.165, 1.54) is 6.07 Å². The van der Waals surface area contributed by atoms with Crippen LogP contribution in [0.4, 0.5) is 0 Å². The zero-order valence-electron chi connectivity index (χ0n) is 7.08. The van der Waals surface area contributed by atoms with Gasteiger partial charge in [0.25, 0.3) is 0 Å². The smallest absolute Gasteiger partial charge is 0.310 e. The van der Waals surface area contributed by atoms with Crippen LogP contribution in [0.2, 0.25) is 0 Å². The fourth-order valence-corrected chi connectivity index (χ4v) is 1.24. The number of benzene rings is 1. The second-order valence-corrected chi connectivity index (χ2v) is 3.60. The van der Waals surface area contributed by atoms with Gasteiger partial charge in [0.15, 0.2) is 0 Å². The first-order chi connectivity index (χ1) is 6.13. The largest absolute Gasteiger partial charge is 0.507 e. The third-order valence-corrected chi connectivity index (χ3v) is 2.30. The Morgan fingerprint density at radius 3 is 2.85 bits per heavy atom. The van der Waals surface area contributed by atoms with Gasteiger partial charge in [-0.1, -0.05) is 6.92 Å². The SMILES string of the molecule is CCC(=O)Oc1ccc(O)c(I)c1. The molecule has 13 heavy (non-hydrogen) atoms. The average Bonchev–Trinajstić information content (AvgIpc) is 2.11. The number of halogens is 1. The van der Waals surface area contributed by atoms with Gasteiger partial charge in [-0.3, -0.25) is 4.79 Å². The minimum atomic E-state index is -0.276. The summed E-state index contributed by atoms with van der Waals surface area (Å²) >= 11 is 1.97. The van der Waals surface area contributed by atoms with Crippen LogP contribution in [0, 0.1) is 3.57 Å². The number of esters is 1. The van der Waals surface area contributed by atoms with Crippen LogP contribution in [0.3, 0.4) is 0 Å². The molecule has 0 saturated heterocycles. The number of ether oxygens (including phenoxy) is 1. The van der Waals surface area contributed by atoms with E-state index < -0.39 is 0 Å². The first kappa shape index (κ1) is 10.3. The first-order valence-corrected chi connectivity index (χ1v) is 4.90. The summed E-state index contributed by atoms with van der Waals surface area (Å²) in [7, 11) is 0. The second-order valence-electron chi connectivity index (χ2n) is 2.44. The van der Waals surface area contributed by atoms with Crippen molar-refractivity contribution in [1.82, 2.24) is 0 Å². The molecule has 0 amide bonds. The van der Waals surface area contributed by atoms with Gasteiger partial charge in [-0.2, -0.15) is 0 Å². The highest BCUT2D eigenvalue weighted by Crippen LogP contribution is 2.24. The Kier molecular flexibility index (Phi) is 3.53. The molecular weight excluding hydrogens is 283 g/mol. The molecule has 0 fully saturated rings. The molecular formula is C9H9IO3. The van der Waals surface area contributed by atoms with Crippen molar-refractivity contribution in [2.75, 3.05) is 0 Å². The molecule has 4 heteroatoms. The van der Waals surface area contributed by atoms with Gasteiger partial charge in [0, 0.05) is 6.42 Å². The lowest BCUT2D eigenvalue weighted by atomic mass is 10.3. The highest BCUT2D eigenvalue weighted by atomic mass is 127. The average molecular weight is 292 g/mol. The molecule has 70 valence electrons. The number of phenolic OH excluding ortho intramolecular Hbond substituents is 1. The van der Waals surface area contributed by atoms with Crippen LogP contribution in [0.15, 0.2) is 18.2 Å². The van der Waals surface area contributed by atoms with E-state index in [1.54, 1.807) is 19.1 Å². The third-order valence-electron chi connectivity index (χ3n) is 1.44. The molecule has 0 saturated carbocycles. The van der Waals surface area contributed by atoms with E-state index >= 15 is 0 Å². The quantitative estimate of drug-likeness (QED) is 0.517. The van der Waals surface area contributed by atoms with Crippen molar-refractivity contribution in [3.8, 4) is 11.5 Å². The summed E-state index contributed by atoms with van der Waals surface area (Å²) < 4.78 is 5.61. The lowest BCUT2D eigenvalue weighted by Gasteiger charge is -2.03. The molecule has 3 nitrogen and oxygen atoms in total. The van der Waals surface area contributed by atoms with Crippen molar-refractivity contribution in [1.29, 1.82) is 0 Å². The number of carbonyl (C=O) groups is 1. The van der Waals surface area contributed by atoms with Gasteiger partial charge in [0.2, 0.25) is 0 Å². The summed E-state index contributed by atoms with van der Waals surface area (Å²) in [5.41, 5.74) is 0. The zero-order chi connectivity index (χ0) is 9.84. The molecule has 0 spiro atoms. The molecule has 0 aromatic heterocycles. The molecule has 1 rings (SSSR count). The summed E-state index contributed by atoms with van der Waals surface area (Å²) in [5.74, 6) is 0.382. The number of carbonyl (C=O) groups excluding carboxylic acids is 1. The van der Waals surface area contributed by atoms with Crippen LogP contribution in [0.5, 0.6) is 11.5 Å². The van der Waals surface area contributed by atoms with Crippen molar-refractivity contribution < 1.29 is 14.6 Å². The fraction of sp³-hybridized carbons (Fsp3) is 0.222. The minimum Gasteiger partial charge on any atom is -0.507 e. The Balaban J connectivity index is 2.79. The van der Waals surface area contributed by atoms with E-state index in [9.17, 15) is 9.90 Å². The Bertz CT molecular complexity index is 323. The van der Waals surface area contributed by atoms with Crippen LogP contribution >= 0.6 is 22.6 Å². The second kappa shape index (κ2) is 4.45. The Morgan fingerprint density at radius 2 is 2.31 bits per heavy atom. The van der Waals surface area contributed by atoms with Crippen molar-refractivity contribution in [2.24, 2.45) is 0 Å². The van der Waals surface area contributed by atoms with E-state index in [2.05, 4.69) is 0 Å².